The smallest absolute Gasteiger partial charge is 0.414 e. The number of methoxy groups -OCH3 is 1. The van der Waals surface area contributed by atoms with Crippen LogP contribution in [0.5, 0.6) is 17.2 Å². The van der Waals surface area contributed by atoms with Crippen LogP contribution in [0, 0.1) is 0 Å². The van der Waals surface area contributed by atoms with E-state index in [4.69, 9.17) is 33.3 Å². The second-order valence-corrected chi connectivity index (χ2v) is 16.0. The lowest BCUT2D eigenvalue weighted by atomic mass is 9.72. The summed E-state index contributed by atoms with van der Waals surface area (Å²) < 4.78 is 33.2. The second-order valence-electron chi connectivity index (χ2n) is 16.0. The first-order valence-electron chi connectivity index (χ1n) is 20.5. The first-order valence-corrected chi connectivity index (χ1v) is 20.5. The largest absolute Gasteiger partial charge is 0.507 e. The third-order valence-electron chi connectivity index (χ3n) is 11.9. The van der Waals surface area contributed by atoms with Crippen molar-refractivity contribution in [2.75, 3.05) is 32.8 Å². The van der Waals surface area contributed by atoms with Gasteiger partial charge in [0.25, 0.3) is 0 Å². The van der Waals surface area contributed by atoms with Gasteiger partial charge in [0, 0.05) is 41.6 Å². The molecule has 11 atom stereocenters. The predicted molar refractivity (Wildman–Crippen MR) is 217 cm³/mol. The fourth-order valence-electron chi connectivity index (χ4n) is 8.42. The highest BCUT2D eigenvalue weighted by atomic mass is 17.2. The van der Waals surface area contributed by atoms with E-state index in [0.717, 1.165) is 0 Å². The minimum Gasteiger partial charge on any atom is -0.507 e. The number of hydrogen-bond donors (Lipinski definition) is 10. The van der Waals surface area contributed by atoms with Gasteiger partial charge < -0.3 is 74.6 Å². The maximum absolute atomic E-state index is 14.0. The number of aliphatic hydroxyl groups excluding tert-OH is 5. The molecular weight excluding hydrogens is 880 g/mol. The number of phenols is 2. The standard InChI is InChI=1S/C43H48N2O21/c1-17-32(48)22(45-41(56)61-15-18-7-9-19(10-8-18)44-42(57)66-40-39(55)38(54)35(51)25(65-40)16-62-60-3)11-27(63-17)64-24-13-43(58,26(47)14-46)12-21-29(24)37(53)31-30(34(21)50)33(49)20-5-4-6-23(59-2)28(20)36(31)52/h4-10,17,22,24-25,27,32,35,38-40,46,48,50-51,53-55,58H,11-16H2,1-3H3,(H,44,57)(H,45,56)/t17?,22?,24?,25?,27?,32?,35?,38?,39?,40?,43-/m0/s1. The quantitative estimate of drug-likeness (QED) is 0.0475. The van der Waals surface area contributed by atoms with Crippen molar-refractivity contribution in [1.82, 2.24) is 5.32 Å². The number of aromatic hydroxyl groups is 2. The molecule has 356 valence electrons. The minimum absolute atomic E-state index is 0.0267. The lowest BCUT2D eigenvalue weighted by Gasteiger charge is -2.42. The van der Waals surface area contributed by atoms with E-state index < -0.39 is 139 Å². The zero-order chi connectivity index (χ0) is 47.8. The Morgan fingerprint density at radius 2 is 1.58 bits per heavy atom. The van der Waals surface area contributed by atoms with E-state index in [2.05, 4.69) is 15.5 Å². The number of anilines is 1. The number of rotatable bonds is 13. The Labute approximate surface area is 374 Å². The lowest BCUT2D eigenvalue weighted by Crippen LogP contribution is -2.59. The molecule has 4 aliphatic rings. The third kappa shape index (κ3) is 9.28. The molecule has 2 aliphatic carbocycles. The summed E-state index contributed by atoms with van der Waals surface area (Å²) in [4.78, 5) is 75.5. The van der Waals surface area contributed by atoms with Crippen molar-refractivity contribution in [2.45, 2.75) is 99.7 Å². The summed E-state index contributed by atoms with van der Waals surface area (Å²) in [6, 6.07) is 9.00. The van der Waals surface area contributed by atoms with Crippen LogP contribution >= 0.6 is 0 Å². The molecule has 3 aromatic carbocycles. The Hall–Kier alpha value is -5.83. The molecule has 23 nitrogen and oxygen atoms in total. The number of amides is 2. The summed E-state index contributed by atoms with van der Waals surface area (Å²) in [5, 5.41) is 91.2. The number of hydrogen-bond acceptors (Lipinski definition) is 21. The van der Waals surface area contributed by atoms with Crippen LogP contribution in [0.15, 0.2) is 42.5 Å². The highest BCUT2D eigenvalue weighted by Gasteiger charge is 2.51. The van der Waals surface area contributed by atoms with Crippen molar-refractivity contribution in [3.63, 3.8) is 0 Å². The number of nitrogens with one attached hydrogen (secondary N) is 2. The summed E-state index contributed by atoms with van der Waals surface area (Å²) in [5.74, 6) is -4.33. The summed E-state index contributed by atoms with van der Waals surface area (Å²) in [6.45, 7) is -0.299. The number of Topliss-reactive ketones (excluding diaryl/α,β-unsaturated/α-hetero) is 1. The number of benzene rings is 3. The molecule has 2 saturated heterocycles. The third-order valence-corrected chi connectivity index (χ3v) is 11.9. The van der Waals surface area contributed by atoms with E-state index in [0.29, 0.717) is 5.56 Å². The van der Waals surface area contributed by atoms with Crippen molar-refractivity contribution >= 4 is 35.2 Å². The number of alkyl carbamates (subject to hydrolysis) is 1. The average Bonchev–Trinajstić information content (AvgIpc) is 3.29. The van der Waals surface area contributed by atoms with Gasteiger partial charge in [-0.25, -0.2) is 19.4 Å². The minimum atomic E-state index is -2.40. The van der Waals surface area contributed by atoms with Gasteiger partial charge in [-0.15, -0.1) is 0 Å². The van der Waals surface area contributed by atoms with Gasteiger partial charge in [-0.3, -0.25) is 19.7 Å². The van der Waals surface area contributed by atoms with E-state index in [1.807, 2.05) is 0 Å². The van der Waals surface area contributed by atoms with E-state index >= 15 is 0 Å². The van der Waals surface area contributed by atoms with E-state index in [1.54, 1.807) is 0 Å². The van der Waals surface area contributed by atoms with Gasteiger partial charge in [-0.1, -0.05) is 24.3 Å². The summed E-state index contributed by atoms with van der Waals surface area (Å²) in [7, 11) is 2.49. The molecule has 0 radical (unpaired) electrons. The predicted octanol–water partition coefficient (Wildman–Crippen LogP) is -0.0969. The molecule has 0 saturated carbocycles. The van der Waals surface area contributed by atoms with E-state index in [1.165, 1.54) is 63.6 Å². The van der Waals surface area contributed by atoms with Gasteiger partial charge in [-0.2, -0.15) is 0 Å². The van der Waals surface area contributed by atoms with Crippen LogP contribution in [0.4, 0.5) is 15.3 Å². The molecule has 23 heteroatoms. The first-order chi connectivity index (χ1) is 31.4. The lowest BCUT2D eigenvalue weighted by molar-refractivity contribution is -0.332. The highest BCUT2D eigenvalue weighted by Crippen LogP contribution is 2.52. The zero-order valence-corrected chi connectivity index (χ0v) is 35.4. The molecule has 0 spiro atoms. The van der Waals surface area contributed by atoms with Crippen molar-refractivity contribution < 1.29 is 103 Å². The van der Waals surface area contributed by atoms with Gasteiger partial charge in [0.15, 0.2) is 17.9 Å². The fourth-order valence-corrected chi connectivity index (χ4v) is 8.42. The number of fused-ring (bicyclic) bond motifs is 3. The second kappa shape index (κ2) is 19.6. The topological polar surface area (TPSA) is 345 Å². The summed E-state index contributed by atoms with van der Waals surface area (Å²) in [5.41, 5.74) is -3.72. The Balaban J connectivity index is 1.01. The van der Waals surface area contributed by atoms with Gasteiger partial charge >= 0.3 is 12.2 Å². The molecule has 2 heterocycles. The first kappa shape index (κ1) is 48.1. The summed E-state index contributed by atoms with van der Waals surface area (Å²) in [6.07, 6.45) is -16.9. The van der Waals surface area contributed by atoms with Crippen LogP contribution < -0.4 is 15.4 Å². The van der Waals surface area contributed by atoms with Crippen LogP contribution in [0.2, 0.25) is 0 Å². The van der Waals surface area contributed by atoms with Crippen molar-refractivity contribution in [3.05, 3.63) is 81.4 Å². The summed E-state index contributed by atoms with van der Waals surface area (Å²) >= 11 is 0. The van der Waals surface area contributed by atoms with Crippen molar-refractivity contribution in [3.8, 4) is 17.2 Å². The molecule has 2 fully saturated rings. The Morgan fingerprint density at radius 3 is 2.26 bits per heavy atom. The van der Waals surface area contributed by atoms with Crippen molar-refractivity contribution in [1.29, 1.82) is 0 Å². The number of ether oxygens (including phenoxy) is 6. The highest BCUT2D eigenvalue weighted by molar-refractivity contribution is 6.31. The molecular formula is C43H48N2O21. The monoisotopic (exact) mass is 928 g/mol. The maximum atomic E-state index is 14.0. The Kier molecular flexibility index (Phi) is 14.3. The van der Waals surface area contributed by atoms with Crippen LogP contribution in [0.25, 0.3) is 0 Å². The SMILES string of the molecule is COOCC1OC(OC(=O)Nc2ccc(COC(=O)NC3CC(OC4C[C@](O)(C(=O)CO)Cc5c(O)c6c(c(O)c54)C(=O)c4c(OC)cccc4C6=O)OC(C)C3O)cc2)C(O)C(O)C1O. The number of phenolic OH excluding ortho intramolecular Hbond substituents is 2. The molecule has 2 aliphatic heterocycles. The number of ketones is 3. The molecule has 7 rings (SSSR count). The molecule has 10 unspecified atom stereocenters. The Morgan fingerprint density at radius 1 is 0.864 bits per heavy atom. The number of carbonyl (C=O) groups is 5. The van der Waals surface area contributed by atoms with Crippen LogP contribution in [0.1, 0.15) is 74.4 Å². The molecule has 10 N–H and O–H groups in total. The van der Waals surface area contributed by atoms with E-state index in [-0.39, 0.29) is 53.3 Å². The van der Waals surface area contributed by atoms with Crippen LogP contribution in [-0.2, 0) is 51.3 Å². The maximum Gasteiger partial charge on any atom is 0.414 e. The van der Waals surface area contributed by atoms with Gasteiger partial charge in [0.2, 0.25) is 12.1 Å². The molecule has 0 aromatic heterocycles. The normalized spacial score (nSPS) is 29.2. The van der Waals surface area contributed by atoms with Gasteiger partial charge in [-0.05, 0) is 30.7 Å². The van der Waals surface area contributed by atoms with Crippen LogP contribution in [0.3, 0.4) is 0 Å². The number of aliphatic hydroxyl groups is 6. The van der Waals surface area contributed by atoms with Gasteiger partial charge in [0.05, 0.1) is 49.2 Å². The average molecular weight is 929 g/mol. The van der Waals surface area contributed by atoms with E-state index in [9.17, 15) is 64.8 Å². The molecule has 66 heavy (non-hydrogen) atoms. The molecule has 3 aromatic rings. The zero-order valence-electron chi connectivity index (χ0n) is 35.4. The van der Waals surface area contributed by atoms with Crippen LogP contribution in [-0.4, -0.2) is 159 Å². The fraction of sp³-hybridized carbons (Fsp3) is 0.465. The number of carbonyl (C=O) groups excluding carboxylic acids is 5. The molecule has 0 bridgehead atoms. The molecule has 2 amide bonds. The van der Waals surface area contributed by atoms with Crippen molar-refractivity contribution in [2.24, 2.45) is 0 Å². The van der Waals surface area contributed by atoms with Gasteiger partial charge in [0.1, 0.15) is 73.2 Å². The Bertz CT molecular complexity index is 2360.